The maximum atomic E-state index is 3.38. The van der Waals surface area contributed by atoms with Gasteiger partial charge in [-0.2, -0.15) is 0 Å². The van der Waals surface area contributed by atoms with Crippen LogP contribution in [-0.2, 0) is 0 Å². The van der Waals surface area contributed by atoms with E-state index in [1.807, 2.05) is 0 Å². The van der Waals surface area contributed by atoms with Crippen molar-refractivity contribution >= 4 is 0 Å². The van der Waals surface area contributed by atoms with E-state index in [2.05, 4.69) is 25.2 Å². The zero-order valence-electron chi connectivity index (χ0n) is 7.69. The Morgan fingerprint density at radius 1 is 1.45 bits per heavy atom. The lowest BCUT2D eigenvalue weighted by atomic mass is 9.90. The minimum atomic E-state index is 0.871. The minimum Gasteiger partial charge on any atom is -0.317 e. The van der Waals surface area contributed by atoms with Gasteiger partial charge in [0.1, 0.15) is 0 Å². The number of hydrogen-bond donors (Lipinski definition) is 1. The third kappa shape index (κ3) is 2.66. The summed E-state index contributed by atoms with van der Waals surface area (Å²) < 4.78 is 0. The van der Waals surface area contributed by atoms with E-state index in [-0.39, 0.29) is 0 Å². The second-order valence-corrected chi connectivity index (χ2v) is 3.38. The Morgan fingerprint density at radius 3 is 2.64 bits per heavy atom. The highest BCUT2D eigenvalue weighted by Crippen LogP contribution is 2.20. The van der Waals surface area contributed by atoms with Gasteiger partial charge >= 0.3 is 0 Å². The highest BCUT2D eigenvalue weighted by molar-refractivity contribution is 5.04. The predicted octanol–water partition coefficient (Wildman–Crippen LogP) is 2.34. The molecule has 1 heterocycles. The molecular formula is C10H19N. The Bertz CT molecular complexity index is 132. The second kappa shape index (κ2) is 4.55. The highest BCUT2D eigenvalue weighted by atomic mass is 14.9. The van der Waals surface area contributed by atoms with Crippen LogP contribution in [0.15, 0.2) is 11.6 Å². The fourth-order valence-electron chi connectivity index (χ4n) is 1.77. The van der Waals surface area contributed by atoms with Crippen molar-refractivity contribution in [1.29, 1.82) is 0 Å². The fourth-order valence-corrected chi connectivity index (χ4v) is 1.77. The van der Waals surface area contributed by atoms with Gasteiger partial charge in [0.2, 0.25) is 0 Å². The van der Waals surface area contributed by atoms with E-state index in [1.54, 1.807) is 5.57 Å². The molecule has 0 saturated carbocycles. The summed E-state index contributed by atoms with van der Waals surface area (Å²) in [5, 5.41) is 3.38. The third-order valence-corrected chi connectivity index (χ3v) is 2.51. The maximum absolute atomic E-state index is 3.38. The second-order valence-electron chi connectivity index (χ2n) is 3.38. The number of piperidine rings is 1. The molecule has 1 saturated heterocycles. The molecule has 0 radical (unpaired) electrons. The van der Waals surface area contributed by atoms with Crippen molar-refractivity contribution in [3.63, 3.8) is 0 Å². The van der Waals surface area contributed by atoms with Gasteiger partial charge in [-0.05, 0) is 45.2 Å². The van der Waals surface area contributed by atoms with Crippen molar-refractivity contribution in [2.24, 2.45) is 5.92 Å². The Balaban J connectivity index is 2.38. The van der Waals surface area contributed by atoms with Crippen LogP contribution in [0.3, 0.4) is 0 Å². The van der Waals surface area contributed by atoms with E-state index in [0.717, 1.165) is 5.92 Å². The zero-order chi connectivity index (χ0) is 8.10. The molecule has 0 spiro atoms. The van der Waals surface area contributed by atoms with Crippen LogP contribution in [0.1, 0.15) is 33.1 Å². The van der Waals surface area contributed by atoms with Crippen molar-refractivity contribution in [2.45, 2.75) is 33.1 Å². The summed E-state index contributed by atoms with van der Waals surface area (Å²) in [7, 11) is 0. The molecule has 1 rings (SSSR count). The van der Waals surface area contributed by atoms with Crippen molar-refractivity contribution in [3.05, 3.63) is 11.6 Å². The molecule has 0 amide bonds. The van der Waals surface area contributed by atoms with Gasteiger partial charge in [0, 0.05) is 0 Å². The molecule has 0 unspecified atom stereocenters. The van der Waals surface area contributed by atoms with Gasteiger partial charge in [-0.3, -0.25) is 0 Å². The van der Waals surface area contributed by atoms with Crippen LogP contribution in [0, 0.1) is 5.92 Å². The molecule has 0 atom stereocenters. The van der Waals surface area contributed by atoms with Crippen LogP contribution >= 0.6 is 0 Å². The first-order chi connectivity index (χ1) is 5.34. The topological polar surface area (TPSA) is 12.0 Å². The lowest BCUT2D eigenvalue weighted by molar-refractivity contribution is 0.419. The summed E-state index contributed by atoms with van der Waals surface area (Å²) in [6, 6.07) is 0. The summed E-state index contributed by atoms with van der Waals surface area (Å²) >= 11 is 0. The van der Waals surface area contributed by atoms with Gasteiger partial charge in [0.05, 0.1) is 0 Å². The predicted molar refractivity (Wildman–Crippen MR) is 49.6 cm³/mol. The van der Waals surface area contributed by atoms with E-state index < -0.39 is 0 Å². The number of allylic oxidation sites excluding steroid dienone is 2. The standard InChI is InChI=1S/C10H19N/c1-3-4-9(2)10-5-7-11-8-6-10/h4,10-11H,3,5-8H2,1-2H3. The molecule has 1 heteroatoms. The summed E-state index contributed by atoms with van der Waals surface area (Å²) in [6.07, 6.45) is 6.23. The molecule has 11 heavy (non-hydrogen) atoms. The number of rotatable bonds is 2. The third-order valence-electron chi connectivity index (χ3n) is 2.51. The molecule has 0 aromatic rings. The molecule has 1 fully saturated rings. The van der Waals surface area contributed by atoms with E-state index in [9.17, 15) is 0 Å². The van der Waals surface area contributed by atoms with Crippen LogP contribution in [0.25, 0.3) is 0 Å². The molecule has 1 N–H and O–H groups in total. The molecule has 0 aliphatic carbocycles. The molecule has 0 bridgehead atoms. The quantitative estimate of drug-likeness (QED) is 0.600. The monoisotopic (exact) mass is 153 g/mol. The molecule has 1 nitrogen and oxygen atoms in total. The van der Waals surface area contributed by atoms with Crippen molar-refractivity contribution in [1.82, 2.24) is 5.32 Å². The Labute approximate surface area is 69.9 Å². The van der Waals surface area contributed by atoms with E-state index in [1.165, 1.54) is 32.4 Å². The van der Waals surface area contributed by atoms with Gasteiger partial charge in [0.25, 0.3) is 0 Å². The molecule has 1 aliphatic heterocycles. The van der Waals surface area contributed by atoms with Crippen LogP contribution in [0.4, 0.5) is 0 Å². The Morgan fingerprint density at radius 2 is 2.09 bits per heavy atom. The molecule has 0 aromatic carbocycles. The van der Waals surface area contributed by atoms with Crippen LogP contribution in [0.2, 0.25) is 0 Å². The van der Waals surface area contributed by atoms with Gasteiger partial charge in [-0.25, -0.2) is 0 Å². The minimum absolute atomic E-state index is 0.871. The summed E-state index contributed by atoms with van der Waals surface area (Å²) in [4.78, 5) is 0. The Hall–Kier alpha value is -0.300. The van der Waals surface area contributed by atoms with E-state index in [4.69, 9.17) is 0 Å². The molecule has 1 aliphatic rings. The van der Waals surface area contributed by atoms with Crippen molar-refractivity contribution in [3.8, 4) is 0 Å². The van der Waals surface area contributed by atoms with Crippen molar-refractivity contribution in [2.75, 3.05) is 13.1 Å². The number of nitrogens with one attached hydrogen (secondary N) is 1. The SMILES string of the molecule is CCC=C(C)C1CCNCC1. The first kappa shape index (κ1) is 8.79. The van der Waals surface area contributed by atoms with Gasteiger partial charge < -0.3 is 5.32 Å². The zero-order valence-corrected chi connectivity index (χ0v) is 7.69. The van der Waals surface area contributed by atoms with E-state index in [0.29, 0.717) is 0 Å². The first-order valence-corrected chi connectivity index (χ1v) is 4.72. The van der Waals surface area contributed by atoms with Gasteiger partial charge in [-0.1, -0.05) is 18.6 Å². The average molecular weight is 153 g/mol. The molecular weight excluding hydrogens is 134 g/mol. The molecule has 64 valence electrons. The van der Waals surface area contributed by atoms with Crippen LogP contribution in [0.5, 0.6) is 0 Å². The molecule has 0 aromatic heterocycles. The van der Waals surface area contributed by atoms with Gasteiger partial charge in [0.15, 0.2) is 0 Å². The smallest absolute Gasteiger partial charge is 0.00432 e. The van der Waals surface area contributed by atoms with Crippen molar-refractivity contribution < 1.29 is 0 Å². The lowest BCUT2D eigenvalue weighted by Gasteiger charge is -2.23. The first-order valence-electron chi connectivity index (χ1n) is 4.72. The fraction of sp³-hybridized carbons (Fsp3) is 0.800. The normalized spacial score (nSPS) is 22.2. The Kier molecular flexibility index (Phi) is 3.64. The highest BCUT2D eigenvalue weighted by Gasteiger charge is 2.13. The summed E-state index contributed by atoms with van der Waals surface area (Å²) in [5.41, 5.74) is 1.61. The van der Waals surface area contributed by atoms with E-state index >= 15 is 0 Å². The maximum Gasteiger partial charge on any atom is -0.00432 e. The number of hydrogen-bond acceptors (Lipinski definition) is 1. The van der Waals surface area contributed by atoms with Crippen LogP contribution in [-0.4, -0.2) is 13.1 Å². The van der Waals surface area contributed by atoms with Gasteiger partial charge in [-0.15, -0.1) is 0 Å². The average Bonchev–Trinajstić information content (AvgIpc) is 2.07. The largest absolute Gasteiger partial charge is 0.317 e. The lowest BCUT2D eigenvalue weighted by Crippen LogP contribution is -2.28. The summed E-state index contributed by atoms with van der Waals surface area (Å²) in [5.74, 6) is 0.871. The van der Waals surface area contributed by atoms with Crippen LogP contribution < -0.4 is 5.32 Å². The summed E-state index contributed by atoms with van der Waals surface area (Å²) in [6.45, 7) is 6.91.